The zero-order valence-electron chi connectivity index (χ0n) is 12.9. The van der Waals surface area contributed by atoms with E-state index in [-0.39, 0.29) is 12.1 Å². The summed E-state index contributed by atoms with van der Waals surface area (Å²) in [5.41, 5.74) is 1.96. The Labute approximate surface area is 140 Å². The van der Waals surface area contributed by atoms with Gasteiger partial charge in [0, 0.05) is 18.7 Å². The van der Waals surface area contributed by atoms with E-state index in [0.29, 0.717) is 12.3 Å². The standard InChI is InChI=1S/C16H21BrNO3P/c1-20-22(19,21-2)11-15-9-16(17)6-5-14(15)8-13(10-18)7-12-3-4-12/h5-6,9,12-13H,3-4,7-8,11H2,1-2H3. The molecule has 1 aliphatic carbocycles. The molecule has 0 heterocycles. The Morgan fingerprint density at radius 1 is 1.36 bits per heavy atom. The summed E-state index contributed by atoms with van der Waals surface area (Å²) in [5, 5.41) is 9.37. The fourth-order valence-electron chi connectivity index (χ4n) is 2.56. The van der Waals surface area contributed by atoms with E-state index in [9.17, 15) is 9.83 Å². The van der Waals surface area contributed by atoms with Crippen molar-refractivity contribution >= 4 is 23.5 Å². The van der Waals surface area contributed by atoms with Crippen molar-refractivity contribution in [1.29, 1.82) is 5.26 Å². The zero-order chi connectivity index (χ0) is 16.2. The molecule has 0 aliphatic heterocycles. The number of nitrogens with zero attached hydrogens (tertiary/aromatic N) is 1. The summed E-state index contributed by atoms with van der Waals surface area (Å²) in [5.74, 6) is 0.726. The predicted molar refractivity (Wildman–Crippen MR) is 89.6 cm³/mol. The smallest absolute Gasteiger partial charge is 0.312 e. The third-order valence-electron chi connectivity index (χ3n) is 4.05. The molecule has 1 aromatic rings. The van der Waals surface area contributed by atoms with Crippen LogP contribution >= 0.6 is 23.5 Å². The summed E-state index contributed by atoms with van der Waals surface area (Å²) in [6, 6.07) is 8.29. The Morgan fingerprint density at radius 2 is 2.05 bits per heavy atom. The first-order valence-electron chi connectivity index (χ1n) is 7.37. The SMILES string of the molecule is COP(=O)(Cc1cc(Br)ccc1CC(C#N)CC1CC1)OC. The topological polar surface area (TPSA) is 59.3 Å². The van der Waals surface area contributed by atoms with Gasteiger partial charge in [-0.3, -0.25) is 4.57 Å². The molecule has 0 bridgehead atoms. The second kappa shape index (κ2) is 7.75. The van der Waals surface area contributed by atoms with Gasteiger partial charge in [0.25, 0.3) is 0 Å². The minimum Gasteiger partial charge on any atom is -0.312 e. The highest BCUT2D eigenvalue weighted by molar-refractivity contribution is 9.10. The molecular weight excluding hydrogens is 365 g/mol. The average Bonchev–Trinajstić information content (AvgIpc) is 3.33. The highest BCUT2D eigenvalue weighted by Gasteiger charge is 2.27. The minimum atomic E-state index is -3.12. The number of hydrogen-bond donors (Lipinski definition) is 0. The van der Waals surface area contributed by atoms with Gasteiger partial charge in [0.2, 0.25) is 0 Å². The molecule has 1 fully saturated rings. The fourth-order valence-corrected chi connectivity index (χ4v) is 4.08. The highest BCUT2D eigenvalue weighted by atomic mass is 79.9. The lowest BCUT2D eigenvalue weighted by atomic mass is 9.93. The van der Waals surface area contributed by atoms with Crippen LogP contribution in [-0.2, 0) is 26.2 Å². The molecule has 120 valence electrons. The van der Waals surface area contributed by atoms with Gasteiger partial charge >= 0.3 is 7.60 Å². The van der Waals surface area contributed by atoms with Gasteiger partial charge in [-0.1, -0.05) is 34.8 Å². The van der Waals surface area contributed by atoms with Crippen molar-refractivity contribution in [3.8, 4) is 6.07 Å². The van der Waals surface area contributed by atoms with Crippen molar-refractivity contribution < 1.29 is 13.6 Å². The maximum absolute atomic E-state index is 12.4. The van der Waals surface area contributed by atoms with Gasteiger partial charge in [-0.2, -0.15) is 5.26 Å². The molecule has 2 rings (SSSR count). The first kappa shape index (κ1) is 17.7. The lowest BCUT2D eigenvalue weighted by Crippen LogP contribution is -2.06. The number of halogens is 1. The van der Waals surface area contributed by atoms with Crippen molar-refractivity contribution in [2.75, 3.05) is 14.2 Å². The summed E-state index contributed by atoms with van der Waals surface area (Å²) >= 11 is 3.44. The molecule has 1 aliphatic rings. The summed E-state index contributed by atoms with van der Waals surface area (Å²) in [6.45, 7) is 0. The first-order valence-corrected chi connectivity index (χ1v) is 9.89. The minimum absolute atomic E-state index is 0.0110. The zero-order valence-corrected chi connectivity index (χ0v) is 15.4. The summed E-state index contributed by atoms with van der Waals surface area (Å²) in [7, 11) is -0.329. The third-order valence-corrected chi connectivity index (χ3v) is 6.39. The largest absolute Gasteiger partial charge is 0.334 e. The summed E-state index contributed by atoms with van der Waals surface area (Å²) in [4.78, 5) is 0. The van der Waals surface area contributed by atoms with Gasteiger partial charge in [-0.25, -0.2) is 0 Å². The Hall–Kier alpha value is -0.660. The Bertz CT molecular complexity index is 602. The molecule has 0 aromatic heterocycles. The average molecular weight is 386 g/mol. The molecule has 0 spiro atoms. The molecular formula is C16H21BrNO3P. The van der Waals surface area contributed by atoms with Crippen LogP contribution < -0.4 is 0 Å². The number of rotatable bonds is 8. The number of nitriles is 1. The third kappa shape index (κ3) is 4.93. The molecule has 1 aromatic carbocycles. The number of benzene rings is 1. The van der Waals surface area contributed by atoms with Crippen LogP contribution in [0.4, 0.5) is 0 Å². The van der Waals surface area contributed by atoms with Crippen LogP contribution in [0, 0.1) is 23.2 Å². The normalized spacial score (nSPS) is 16.3. The van der Waals surface area contributed by atoms with E-state index >= 15 is 0 Å². The molecule has 1 unspecified atom stereocenters. The van der Waals surface area contributed by atoms with Gasteiger partial charge < -0.3 is 9.05 Å². The van der Waals surface area contributed by atoms with Crippen molar-refractivity contribution in [3.63, 3.8) is 0 Å². The highest BCUT2D eigenvalue weighted by Crippen LogP contribution is 2.50. The number of hydrogen-bond acceptors (Lipinski definition) is 4. The summed E-state index contributed by atoms with van der Waals surface area (Å²) in [6.07, 6.45) is 4.35. The maximum Gasteiger partial charge on any atom is 0.334 e. The van der Waals surface area contributed by atoms with Gasteiger partial charge in [0.1, 0.15) is 0 Å². The van der Waals surface area contributed by atoms with Crippen LogP contribution in [0.25, 0.3) is 0 Å². The van der Waals surface area contributed by atoms with Gasteiger partial charge in [0.15, 0.2) is 0 Å². The van der Waals surface area contributed by atoms with E-state index in [0.717, 1.165) is 22.0 Å². The van der Waals surface area contributed by atoms with Crippen LogP contribution in [0.5, 0.6) is 0 Å². The molecule has 6 heteroatoms. The molecule has 4 nitrogen and oxygen atoms in total. The molecule has 0 N–H and O–H groups in total. The van der Waals surface area contributed by atoms with Crippen LogP contribution in [0.3, 0.4) is 0 Å². The first-order chi connectivity index (χ1) is 10.5. The van der Waals surface area contributed by atoms with Crippen LogP contribution in [0.2, 0.25) is 0 Å². The van der Waals surface area contributed by atoms with Crippen molar-refractivity contribution in [2.24, 2.45) is 11.8 Å². The summed E-state index contributed by atoms with van der Waals surface area (Å²) < 4.78 is 23.4. The fraction of sp³-hybridized carbons (Fsp3) is 0.562. The van der Waals surface area contributed by atoms with Gasteiger partial charge in [0.05, 0.1) is 18.1 Å². The van der Waals surface area contributed by atoms with E-state index in [1.165, 1.54) is 27.1 Å². The quantitative estimate of drug-likeness (QED) is 0.596. The van der Waals surface area contributed by atoms with E-state index < -0.39 is 7.60 Å². The Morgan fingerprint density at radius 3 is 2.59 bits per heavy atom. The molecule has 0 radical (unpaired) electrons. The Balaban J connectivity index is 2.19. The van der Waals surface area contributed by atoms with Gasteiger partial charge in [-0.15, -0.1) is 0 Å². The second-order valence-electron chi connectivity index (χ2n) is 5.76. The van der Waals surface area contributed by atoms with Crippen molar-refractivity contribution in [2.45, 2.75) is 31.8 Å². The van der Waals surface area contributed by atoms with Crippen LogP contribution in [-0.4, -0.2) is 14.2 Å². The molecule has 1 atom stereocenters. The van der Waals surface area contributed by atoms with E-state index in [4.69, 9.17) is 9.05 Å². The van der Waals surface area contributed by atoms with Crippen molar-refractivity contribution in [3.05, 3.63) is 33.8 Å². The lowest BCUT2D eigenvalue weighted by Gasteiger charge is -2.18. The molecule has 1 saturated carbocycles. The van der Waals surface area contributed by atoms with Crippen LogP contribution in [0.15, 0.2) is 22.7 Å². The molecule has 0 saturated heterocycles. The van der Waals surface area contributed by atoms with E-state index in [1.54, 1.807) is 0 Å². The molecule has 0 amide bonds. The van der Waals surface area contributed by atoms with Crippen LogP contribution in [0.1, 0.15) is 30.4 Å². The van der Waals surface area contributed by atoms with Crippen molar-refractivity contribution in [1.82, 2.24) is 0 Å². The lowest BCUT2D eigenvalue weighted by molar-refractivity contribution is 0.274. The maximum atomic E-state index is 12.4. The monoisotopic (exact) mass is 385 g/mol. The van der Waals surface area contributed by atoms with E-state index in [2.05, 4.69) is 22.0 Å². The second-order valence-corrected chi connectivity index (χ2v) is 8.94. The van der Waals surface area contributed by atoms with E-state index in [1.807, 2.05) is 18.2 Å². The molecule has 22 heavy (non-hydrogen) atoms. The van der Waals surface area contributed by atoms with Gasteiger partial charge in [-0.05, 0) is 42.0 Å². The Kier molecular flexibility index (Phi) is 6.23. The predicted octanol–water partition coefficient (Wildman–Crippen LogP) is 4.92.